The molecule has 4 nitrogen and oxygen atoms in total. The maximum Gasteiger partial charge on any atom is 0.150 e. The van der Waals surface area contributed by atoms with E-state index in [0.717, 1.165) is 30.0 Å². The van der Waals surface area contributed by atoms with Crippen LogP contribution in [0, 0.1) is 0 Å². The second-order valence-corrected chi connectivity index (χ2v) is 5.84. The van der Waals surface area contributed by atoms with E-state index in [1.54, 1.807) is 11.3 Å². The molecule has 0 saturated carbocycles. The van der Waals surface area contributed by atoms with Gasteiger partial charge in [0.15, 0.2) is 5.82 Å². The van der Waals surface area contributed by atoms with Crippen molar-refractivity contribution in [3.05, 3.63) is 28.1 Å². The number of hydrogen-bond acceptors (Lipinski definition) is 4. The van der Waals surface area contributed by atoms with Crippen molar-refractivity contribution in [3.63, 3.8) is 0 Å². The largest absolute Gasteiger partial charge is 0.394 e. The molecule has 0 bridgehead atoms. The first kappa shape index (κ1) is 13.9. The first-order chi connectivity index (χ1) is 9.06. The van der Waals surface area contributed by atoms with E-state index in [2.05, 4.69) is 48.4 Å². The summed E-state index contributed by atoms with van der Waals surface area (Å²) in [7, 11) is 4.04. The van der Waals surface area contributed by atoms with Crippen molar-refractivity contribution in [2.24, 2.45) is 7.05 Å². The molecule has 2 rings (SSSR count). The maximum atomic E-state index is 6.26. The Morgan fingerprint density at radius 1 is 1.53 bits per heavy atom. The van der Waals surface area contributed by atoms with E-state index < -0.39 is 0 Å². The van der Waals surface area contributed by atoms with E-state index in [1.165, 1.54) is 4.88 Å². The monoisotopic (exact) mass is 278 g/mol. The number of aryl methyl sites for hydroxylation is 2. The maximum absolute atomic E-state index is 6.26. The van der Waals surface area contributed by atoms with Crippen LogP contribution in [0.1, 0.15) is 36.9 Å². The average Bonchev–Trinajstić information content (AvgIpc) is 2.98. The lowest BCUT2D eigenvalue weighted by molar-refractivity contribution is 0.675. The quantitative estimate of drug-likeness (QED) is 0.913. The predicted molar refractivity (Wildman–Crippen MR) is 82.8 cm³/mol. The molecule has 19 heavy (non-hydrogen) atoms. The van der Waals surface area contributed by atoms with Crippen molar-refractivity contribution in [1.82, 2.24) is 9.78 Å². The van der Waals surface area contributed by atoms with Crippen LogP contribution in [-0.2, 0) is 13.5 Å². The fourth-order valence-corrected chi connectivity index (χ4v) is 3.16. The Labute approximate surface area is 118 Å². The topological polar surface area (TPSA) is 47.1 Å². The van der Waals surface area contributed by atoms with Crippen molar-refractivity contribution in [1.29, 1.82) is 0 Å². The number of aromatic nitrogens is 2. The van der Waals surface area contributed by atoms with Gasteiger partial charge in [-0.05, 0) is 24.8 Å². The number of rotatable bonds is 5. The summed E-state index contributed by atoms with van der Waals surface area (Å²) in [5.41, 5.74) is 8.08. The third kappa shape index (κ3) is 2.61. The summed E-state index contributed by atoms with van der Waals surface area (Å²) in [6.45, 7) is 4.34. The molecule has 0 aliphatic rings. The van der Waals surface area contributed by atoms with Gasteiger partial charge in [0, 0.05) is 19.0 Å². The van der Waals surface area contributed by atoms with Gasteiger partial charge in [0.25, 0.3) is 0 Å². The summed E-state index contributed by atoms with van der Waals surface area (Å²) in [6.07, 6.45) is 1.99. The molecule has 2 aromatic heterocycles. The van der Waals surface area contributed by atoms with Crippen LogP contribution in [0.5, 0.6) is 0 Å². The summed E-state index contributed by atoms with van der Waals surface area (Å²) in [4.78, 5) is 3.54. The van der Waals surface area contributed by atoms with Gasteiger partial charge in [0.2, 0.25) is 0 Å². The minimum Gasteiger partial charge on any atom is -0.394 e. The molecule has 0 saturated heterocycles. The van der Waals surface area contributed by atoms with Gasteiger partial charge in [-0.25, -0.2) is 0 Å². The van der Waals surface area contributed by atoms with Crippen molar-refractivity contribution in [2.45, 2.75) is 32.7 Å². The molecule has 0 amide bonds. The van der Waals surface area contributed by atoms with Gasteiger partial charge in [-0.1, -0.05) is 19.4 Å². The SMILES string of the molecule is CCCc1nn(C)c(N(C)C(C)c2cccs2)c1N. The second-order valence-electron chi connectivity index (χ2n) is 4.86. The zero-order valence-corrected chi connectivity index (χ0v) is 12.9. The lowest BCUT2D eigenvalue weighted by Crippen LogP contribution is -2.24. The van der Waals surface area contributed by atoms with Crippen molar-refractivity contribution >= 4 is 22.8 Å². The van der Waals surface area contributed by atoms with Crippen LogP contribution in [0.4, 0.5) is 11.5 Å². The Balaban J connectivity index is 2.31. The molecule has 0 aliphatic carbocycles. The number of hydrogen-bond donors (Lipinski definition) is 1. The number of nitrogen functional groups attached to an aromatic ring is 1. The Hall–Kier alpha value is -1.49. The molecular formula is C14H22N4S. The molecule has 1 atom stereocenters. The van der Waals surface area contributed by atoms with Crippen LogP contribution < -0.4 is 10.6 Å². The third-order valence-corrected chi connectivity index (χ3v) is 4.53. The van der Waals surface area contributed by atoms with Crippen LogP contribution in [0.3, 0.4) is 0 Å². The van der Waals surface area contributed by atoms with Gasteiger partial charge in [0.05, 0.1) is 17.4 Å². The van der Waals surface area contributed by atoms with E-state index in [1.807, 2.05) is 11.7 Å². The zero-order valence-electron chi connectivity index (χ0n) is 12.1. The summed E-state index contributed by atoms with van der Waals surface area (Å²) in [5, 5.41) is 6.64. The van der Waals surface area contributed by atoms with Crippen molar-refractivity contribution in [3.8, 4) is 0 Å². The fraction of sp³-hybridized carbons (Fsp3) is 0.500. The molecule has 0 spiro atoms. The number of thiophene rings is 1. The Morgan fingerprint density at radius 3 is 2.84 bits per heavy atom. The Bertz CT molecular complexity index is 530. The first-order valence-corrected chi connectivity index (χ1v) is 7.51. The summed E-state index contributed by atoms with van der Waals surface area (Å²) >= 11 is 1.77. The van der Waals surface area contributed by atoms with Crippen molar-refractivity contribution < 1.29 is 0 Å². The fourth-order valence-electron chi connectivity index (χ4n) is 2.33. The molecule has 2 heterocycles. The molecular weight excluding hydrogens is 256 g/mol. The predicted octanol–water partition coefficient (Wildman–Crippen LogP) is 3.21. The highest BCUT2D eigenvalue weighted by Gasteiger charge is 2.21. The molecule has 1 unspecified atom stereocenters. The van der Waals surface area contributed by atoms with Crippen LogP contribution >= 0.6 is 11.3 Å². The van der Waals surface area contributed by atoms with Crippen LogP contribution in [0.15, 0.2) is 17.5 Å². The molecule has 5 heteroatoms. The van der Waals surface area contributed by atoms with Gasteiger partial charge in [-0.3, -0.25) is 4.68 Å². The van der Waals surface area contributed by atoms with E-state index in [4.69, 9.17) is 5.73 Å². The van der Waals surface area contributed by atoms with Crippen LogP contribution in [-0.4, -0.2) is 16.8 Å². The summed E-state index contributed by atoms with van der Waals surface area (Å²) in [6, 6.07) is 4.54. The van der Waals surface area contributed by atoms with E-state index in [9.17, 15) is 0 Å². The second kappa shape index (κ2) is 5.65. The van der Waals surface area contributed by atoms with Crippen LogP contribution in [0.25, 0.3) is 0 Å². The lowest BCUT2D eigenvalue weighted by atomic mass is 10.2. The molecule has 2 aromatic rings. The van der Waals surface area contributed by atoms with Crippen molar-refractivity contribution in [2.75, 3.05) is 17.7 Å². The van der Waals surface area contributed by atoms with Gasteiger partial charge in [0.1, 0.15) is 0 Å². The molecule has 0 aromatic carbocycles. The van der Waals surface area contributed by atoms with E-state index >= 15 is 0 Å². The highest BCUT2D eigenvalue weighted by Crippen LogP contribution is 2.33. The highest BCUT2D eigenvalue weighted by molar-refractivity contribution is 7.10. The minimum atomic E-state index is 0.298. The number of nitrogens with zero attached hydrogens (tertiary/aromatic N) is 3. The Morgan fingerprint density at radius 2 is 2.26 bits per heavy atom. The van der Waals surface area contributed by atoms with Gasteiger partial charge in [-0.2, -0.15) is 5.10 Å². The van der Waals surface area contributed by atoms with Gasteiger partial charge >= 0.3 is 0 Å². The molecule has 0 radical (unpaired) electrons. The van der Waals surface area contributed by atoms with Gasteiger partial charge in [-0.15, -0.1) is 11.3 Å². The Kier molecular flexibility index (Phi) is 4.14. The molecule has 104 valence electrons. The number of nitrogens with two attached hydrogens (primary N) is 1. The number of anilines is 2. The lowest BCUT2D eigenvalue weighted by Gasteiger charge is -2.26. The normalized spacial score (nSPS) is 12.6. The smallest absolute Gasteiger partial charge is 0.150 e. The van der Waals surface area contributed by atoms with Gasteiger partial charge < -0.3 is 10.6 Å². The summed E-state index contributed by atoms with van der Waals surface area (Å²) in [5.74, 6) is 1.00. The molecule has 2 N–H and O–H groups in total. The van der Waals surface area contributed by atoms with Crippen LogP contribution in [0.2, 0.25) is 0 Å². The molecule has 0 fully saturated rings. The molecule has 0 aliphatic heterocycles. The zero-order chi connectivity index (χ0) is 14.0. The van der Waals surface area contributed by atoms with E-state index in [0.29, 0.717) is 6.04 Å². The average molecular weight is 278 g/mol. The first-order valence-electron chi connectivity index (χ1n) is 6.63. The third-order valence-electron chi connectivity index (χ3n) is 3.49. The standard InChI is InChI=1S/C14H22N4S/c1-5-7-11-13(15)14(18(4)16-11)17(3)10(2)12-8-6-9-19-12/h6,8-10H,5,7,15H2,1-4H3. The minimum absolute atomic E-state index is 0.298. The summed E-state index contributed by atoms with van der Waals surface area (Å²) < 4.78 is 1.89. The van der Waals surface area contributed by atoms with E-state index in [-0.39, 0.29) is 0 Å². The highest BCUT2D eigenvalue weighted by atomic mass is 32.1.